The largest absolute Gasteiger partial charge is 0.489 e. The number of ether oxygens (including phenoxy) is 1. The Balaban J connectivity index is 1.22. The van der Waals surface area contributed by atoms with Gasteiger partial charge in [-0.15, -0.1) is 0 Å². The van der Waals surface area contributed by atoms with E-state index in [1.807, 2.05) is 18.2 Å². The molecule has 3 saturated carbocycles. The monoisotopic (exact) mass is 400 g/mol. The molecule has 3 aliphatic carbocycles. The van der Waals surface area contributed by atoms with Gasteiger partial charge in [-0.05, 0) is 81.4 Å². The number of aromatic nitrogens is 1. The molecule has 0 saturated heterocycles. The number of rotatable bonds is 7. The number of pyridine rings is 1. The summed E-state index contributed by atoms with van der Waals surface area (Å²) in [7, 11) is 0. The van der Waals surface area contributed by atoms with Crippen molar-refractivity contribution in [3.05, 3.63) is 39.8 Å². The zero-order valence-electron chi connectivity index (χ0n) is 16.3. The van der Waals surface area contributed by atoms with Crippen molar-refractivity contribution in [3.63, 3.8) is 0 Å². The highest BCUT2D eigenvalue weighted by molar-refractivity contribution is 6.37. The molecule has 4 nitrogen and oxygen atoms in total. The van der Waals surface area contributed by atoms with Crippen LogP contribution in [0.15, 0.2) is 29.2 Å². The average Bonchev–Trinajstić information content (AvgIpc) is 3.61. The van der Waals surface area contributed by atoms with Crippen molar-refractivity contribution in [2.45, 2.75) is 63.5 Å². The molecule has 28 heavy (non-hydrogen) atoms. The molecule has 1 aromatic carbocycles. The van der Waals surface area contributed by atoms with Crippen molar-refractivity contribution in [1.29, 1.82) is 0 Å². The van der Waals surface area contributed by atoms with Crippen LogP contribution in [-0.4, -0.2) is 35.1 Å². The lowest BCUT2D eigenvalue weighted by atomic mass is 9.91. The van der Waals surface area contributed by atoms with Gasteiger partial charge in [-0.3, -0.25) is 9.69 Å². The Kier molecular flexibility index (Phi) is 5.10. The third-order valence-corrected chi connectivity index (χ3v) is 7.08. The second kappa shape index (κ2) is 7.72. The van der Waals surface area contributed by atoms with E-state index in [1.54, 1.807) is 6.20 Å². The first-order valence-electron chi connectivity index (χ1n) is 10.9. The van der Waals surface area contributed by atoms with E-state index in [9.17, 15) is 4.79 Å². The van der Waals surface area contributed by atoms with Crippen LogP contribution in [0.25, 0.3) is 10.8 Å². The molecule has 5 rings (SSSR count). The fourth-order valence-corrected chi connectivity index (χ4v) is 4.92. The molecule has 0 aliphatic heterocycles. The Labute approximate surface area is 171 Å². The number of aromatic amines is 1. The Bertz CT molecular complexity index is 881. The van der Waals surface area contributed by atoms with E-state index in [-0.39, 0.29) is 11.7 Å². The number of fused-ring (bicyclic) bond motifs is 1. The van der Waals surface area contributed by atoms with Crippen molar-refractivity contribution in [3.8, 4) is 5.75 Å². The minimum Gasteiger partial charge on any atom is -0.489 e. The van der Waals surface area contributed by atoms with Gasteiger partial charge in [0.25, 0.3) is 5.56 Å². The van der Waals surface area contributed by atoms with E-state index in [4.69, 9.17) is 16.3 Å². The molecule has 0 amide bonds. The fraction of sp³-hybridized carbons (Fsp3) is 0.609. The van der Waals surface area contributed by atoms with Crippen LogP contribution in [0.5, 0.6) is 5.75 Å². The van der Waals surface area contributed by atoms with E-state index in [1.165, 1.54) is 51.6 Å². The second-order valence-corrected chi connectivity index (χ2v) is 9.41. The van der Waals surface area contributed by atoms with Gasteiger partial charge in [0, 0.05) is 36.1 Å². The molecule has 1 N–H and O–H groups in total. The molecule has 0 unspecified atom stereocenters. The quantitative estimate of drug-likeness (QED) is 0.711. The molecule has 1 heterocycles. The van der Waals surface area contributed by atoms with Crippen LogP contribution in [0, 0.1) is 11.8 Å². The second-order valence-electron chi connectivity index (χ2n) is 9.03. The van der Waals surface area contributed by atoms with Gasteiger partial charge in [0.15, 0.2) is 0 Å². The van der Waals surface area contributed by atoms with E-state index in [0.29, 0.717) is 16.2 Å². The SMILES string of the molecule is O=c1[nH]ccc2c(Cl)c(O[C@H]3CC[C@@H](N(CC4CC4)CC4CC4)CC3)ccc12. The number of nitrogens with zero attached hydrogens (tertiary/aromatic N) is 1. The van der Waals surface area contributed by atoms with E-state index < -0.39 is 0 Å². The third-order valence-electron chi connectivity index (χ3n) is 6.69. The maximum atomic E-state index is 11.9. The first kappa shape index (κ1) is 18.5. The maximum absolute atomic E-state index is 11.9. The Morgan fingerprint density at radius 3 is 2.25 bits per heavy atom. The zero-order valence-corrected chi connectivity index (χ0v) is 17.1. The molecule has 0 bridgehead atoms. The van der Waals surface area contributed by atoms with Gasteiger partial charge in [-0.1, -0.05) is 11.6 Å². The first-order chi connectivity index (χ1) is 13.7. The third kappa shape index (κ3) is 4.08. The smallest absolute Gasteiger partial charge is 0.255 e. The summed E-state index contributed by atoms with van der Waals surface area (Å²) in [6.45, 7) is 2.63. The molecule has 3 fully saturated rings. The molecular weight excluding hydrogens is 372 g/mol. The van der Waals surface area contributed by atoms with Crippen molar-refractivity contribution in [2.24, 2.45) is 11.8 Å². The highest BCUT2D eigenvalue weighted by Crippen LogP contribution is 2.38. The van der Waals surface area contributed by atoms with Crippen LogP contribution in [0.4, 0.5) is 0 Å². The van der Waals surface area contributed by atoms with Gasteiger partial charge in [-0.25, -0.2) is 0 Å². The summed E-state index contributed by atoms with van der Waals surface area (Å²) in [6, 6.07) is 6.23. The lowest BCUT2D eigenvalue weighted by Crippen LogP contribution is -2.42. The molecule has 0 atom stereocenters. The van der Waals surface area contributed by atoms with Crippen LogP contribution in [0.2, 0.25) is 5.02 Å². The van der Waals surface area contributed by atoms with Gasteiger partial charge in [0.2, 0.25) is 0 Å². The summed E-state index contributed by atoms with van der Waals surface area (Å²) < 4.78 is 6.29. The molecule has 150 valence electrons. The highest BCUT2D eigenvalue weighted by atomic mass is 35.5. The number of benzene rings is 1. The number of nitrogens with one attached hydrogen (secondary N) is 1. The molecule has 1 aromatic heterocycles. The fourth-order valence-electron chi connectivity index (χ4n) is 4.65. The van der Waals surface area contributed by atoms with Gasteiger partial charge in [0.05, 0.1) is 11.1 Å². The topological polar surface area (TPSA) is 45.3 Å². The van der Waals surface area contributed by atoms with Crippen LogP contribution in [0.3, 0.4) is 0 Å². The average molecular weight is 401 g/mol. The molecule has 2 aromatic rings. The Morgan fingerprint density at radius 2 is 1.61 bits per heavy atom. The van der Waals surface area contributed by atoms with Crippen molar-refractivity contribution in [2.75, 3.05) is 13.1 Å². The number of H-pyrrole nitrogens is 1. The number of hydrogen-bond donors (Lipinski definition) is 1. The predicted octanol–water partition coefficient (Wildman–Crippen LogP) is 4.99. The van der Waals surface area contributed by atoms with E-state index >= 15 is 0 Å². The minimum atomic E-state index is -0.113. The van der Waals surface area contributed by atoms with Gasteiger partial charge < -0.3 is 9.72 Å². The standard InChI is InChI=1S/C23H29ClN2O2/c24-22-19-11-12-25-23(27)20(19)9-10-21(22)28-18-7-5-17(6-8-18)26(13-15-1-2-15)14-16-3-4-16/h9-12,15-18H,1-8,13-14H2,(H,25,27)/t17-,18+. The number of hydrogen-bond acceptors (Lipinski definition) is 3. The normalized spacial score (nSPS) is 25.4. The van der Waals surface area contributed by atoms with Crippen LogP contribution in [-0.2, 0) is 0 Å². The minimum absolute atomic E-state index is 0.113. The summed E-state index contributed by atoms with van der Waals surface area (Å²) in [6.07, 6.45) is 12.2. The predicted molar refractivity (Wildman–Crippen MR) is 113 cm³/mol. The summed E-state index contributed by atoms with van der Waals surface area (Å²) in [5, 5.41) is 1.92. The highest BCUT2D eigenvalue weighted by Gasteiger charge is 2.34. The molecule has 0 spiro atoms. The molecule has 0 radical (unpaired) electrons. The van der Waals surface area contributed by atoms with Gasteiger partial charge in [0.1, 0.15) is 5.75 Å². The number of halogens is 1. The van der Waals surface area contributed by atoms with Crippen molar-refractivity contribution >= 4 is 22.4 Å². The lowest BCUT2D eigenvalue weighted by Gasteiger charge is -2.37. The lowest BCUT2D eigenvalue weighted by molar-refractivity contribution is 0.0825. The molecule has 3 aliphatic rings. The van der Waals surface area contributed by atoms with Gasteiger partial charge in [-0.2, -0.15) is 0 Å². The molecular formula is C23H29ClN2O2. The van der Waals surface area contributed by atoms with Crippen LogP contribution < -0.4 is 10.3 Å². The summed E-state index contributed by atoms with van der Waals surface area (Å²) in [5.74, 6) is 2.63. The first-order valence-corrected chi connectivity index (χ1v) is 11.3. The maximum Gasteiger partial charge on any atom is 0.255 e. The summed E-state index contributed by atoms with van der Waals surface area (Å²) >= 11 is 6.55. The summed E-state index contributed by atoms with van der Waals surface area (Å²) in [4.78, 5) is 17.4. The van der Waals surface area contributed by atoms with Gasteiger partial charge >= 0.3 is 0 Å². The molecule has 5 heteroatoms. The van der Waals surface area contributed by atoms with E-state index in [2.05, 4.69) is 9.88 Å². The van der Waals surface area contributed by atoms with E-state index in [0.717, 1.165) is 36.1 Å². The van der Waals surface area contributed by atoms with Crippen molar-refractivity contribution in [1.82, 2.24) is 9.88 Å². The Morgan fingerprint density at radius 1 is 0.929 bits per heavy atom. The van der Waals surface area contributed by atoms with Crippen molar-refractivity contribution < 1.29 is 4.74 Å². The van der Waals surface area contributed by atoms with Crippen LogP contribution in [0.1, 0.15) is 51.4 Å². The zero-order chi connectivity index (χ0) is 19.1. The Hall–Kier alpha value is -1.52. The summed E-state index contributed by atoms with van der Waals surface area (Å²) in [5.41, 5.74) is -0.113. The van der Waals surface area contributed by atoms with Crippen LogP contribution >= 0.6 is 11.6 Å².